The van der Waals surface area contributed by atoms with Gasteiger partial charge in [-0.1, -0.05) is 35.9 Å². The number of amides is 1. The zero-order chi connectivity index (χ0) is 18.6. The molecule has 1 amide bonds. The maximum absolute atomic E-state index is 12.4. The molecule has 0 radical (unpaired) electrons. The number of benzene rings is 2. The van der Waals surface area contributed by atoms with Crippen molar-refractivity contribution in [2.45, 2.75) is 13.5 Å². The molecule has 140 valence electrons. The molecule has 1 fully saturated rings. The smallest absolute Gasteiger partial charge is 0.246 e. The van der Waals surface area contributed by atoms with E-state index in [1.807, 2.05) is 35.2 Å². The lowest BCUT2D eigenvalue weighted by molar-refractivity contribution is -0.127. The van der Waals surface area contributed by atoms with Gasteiger partial charge in [-0.15, -0.1) is 0 Å². The van der Waals surface area contributed by atoms with Crippen LogP contribution in [0.1, 0.15) is 16.7 Å². The Morgan fingerprint density at radius 2 is 1.85 bits per heavy atom. The maximum atomic E-state index is 12.4. The Balaban J connectivity index is 1.29. The topological polar surface area (TPSA) is 42.0 Å². The van der Waals surface area contributed by atoms with E-state index in [1.54, 1.807) is 6.08 Å². The molecule has 0 atom stereocenters. The van der Waals surface area contributed by atoms with Crippen molar-refractivity contribution >= 4 is 12.0 Å². The Morgan fingerprint density at radius 3 is 2.67 bits per heavy atom. The van der Waals surface area contributed by atoms with Crippen LogP contribution in [0.3, 0.4) is 0 Å². The second-order valence-electron chi connectivity index (χ2n) is 7.04. The number of nitrogens with zero attached hydrogens (tertiary/aromatic N) is 2. The van der Waals surface area contributed by atoms with Gasteiger partial charge in [0.1, 0.15) is 0 Å². The molecule has 2 heterocycles. The molecule has 0 saturated carbocycles. The first kappa shape index (κ1) is 17.6. The van der Waals surface area contributed by atoms with Gasteiger partial charge >= 0.3 is 0 Å². The zero-order valence-corrected chi connectivity index (χ0v) is 15.6. The second kappa shape index (κ2) is 7.84. The summed E-state index contributed by atoms with van der Waals surface area (Å²) in [4.78, 5) is 16.7. The number of fused-ring (bicyclic) bond motifs is 1. The first-order valence-electron chi connectivity index (χ1n) is 9.32. The zero-order valence-electron chi connectivity index (χ0n) is 15.6. The van der Waals surface area contributed by atoms with Crippen molar-refractivity contribution in [1.82, 2.24) is 9.80 Å². The molecule has 5 nitrogen and oxygen atoms in total. The fourth-order valence-corrected chi connectivity index (χ4v) is 3.47. The highest BCUT2D eigenvalue weighted by Gasteiger charge is 2.20. The number of hydrogen-bond donors (Lipinski definition) is 0. The molecule has 2 aromatic rings. The van der Waals surface area contributed by atoms with Crippen LogP contribution in [-0.4, -0.2) is 48.7 Å². The van der Waals surface area contributed by atoms with Crippen LogP contribution in [0.2, 0.25) is 0 Å². The highest BCUT2D eigenvalue weighted by Crippen LogP contribution is 2.32. The van der Waals surface area contributed by atoms with Crippen molar-refractivity contribution < 1.29 is 14.3 Å². The summed E-state index contributed by atoms with van der Waals surface area (Å²) in [5.41, 5.74) is 3.46. The van der Waals surface area contributed by atoms with Gasteiger partial charge < -0.3 is 14.4 Å². The average Bonchev–Trinajstić information content (AvgIpc) is 3.15. The lowest BCUT2D eigenvalue weighted by Crippen LogP contribution is -2.47. The maximum Gasteiger partial charge on any atom is 0.246 e. The molecule has 0 aromatic heterocycles. The largest absolute Gasteiger partial charge is 0.454 e. The summed E-state index contributed by atoms with van der Waals surface area (Å²) < 4.78 is 10.8. The summed E-state index contributed by atoms with van der Waals surface area (Å²) in [7, 11) is 0. The molecule has 5 heteroatoms. The molecule has 0 N–H and O–H groups in total. The van der Waals surface area contributed by atoms with Gasteiger partial charge in [0, 0.05) is 38.8 Å². The Labute approximate surface area is 159 Å². The normalized spacial score (nSPS) is 16.9. The Morgan fingerprint density at radius 1 is 1.04 bits per heavy atom. The summed E-state index contributed by atoms with van der Waals surface area (Å²) in [5.74, 6) is 1.72. The number of aryl methyl sites for hydroxylation is 1. The Bertz CT molecular complexity index is 854. The molecule has 27 heavy (non-hydrogen) atoms. The number of rotatable bonds is 4. The minimum absolute atomic E-state index is 0.0826. The predicted octanol–water partition coefficient (Wildman–Crippen LogP) is 3.08. The molecular formula is C22H24N2O3. The minimum atomic E-state index is 0.0826. The van der Waals surface area contributed by atoms with Crippen molar-refractivity contribution in [2.75, 3.05) is 33.0 Å². The quantitative estimate of drug-likeness (QED) is 0.782. The number of carbonyl (C=O) groups is 1. The van der Waals surface area contributed by atoms with Crippen LogP contribution in [0.5, 0.6) is 11.5 Å². The highest BCUT2D eigenvalue weighted by molar-refractivity contribution is 5.91. The molecule has 0 bridgehead atoms. The predicted molar refractivity (Wildman–Crippen MR) is 105 cm³/mol. The van der Waals surface area contributed by atoms with E-state index in [9.17, 15) is 4.79 Å². The van der Waals surface area contributed by atoms with E-state index >= 15 is 0 Å². The minimum Gasteiger partial charge on any atom is -0.454 e. The van der Waals surface area contributed by atoms with Gasteiger partial charge in [-0.25, -0.2) is 0 Å². The van der Waals surface area contributed by atoms with Gasteiger partial charge in [0.05, 0.1) is 0 Å². The summed E-state index contributed by atoms with van der Waals surface area (Å²) >= 11 is 0. The van der Waals surface area contributed by atoms with Crippen LogP contribution in [0.15, 0.2) is 48.5 Å². The van der Waals surface area contributed by atoms with Crippen LogP contribution in [0.25, 0.3) is 6.08 Å². The van der Waals surface area contributed by atoms with E-state index in [0.29, 0.717) is 6.79 Å². The van der Waals surface area contributed by atoms with Crippen LogP contribution < -0.4 is 9.47 Å². The SMILES string of the molecule is Cc1cccc(C=CC(=O)N2CCN(Cc3ccc4c(c3)OCO4)CC2)c1. The number of carbonyl (C=O) groups excluding carboxylic acids is 1. The third-order valence-electron chi connectivity index (χ3n) is 4.99. The molecular weight excluding hydrogens is 340 g/mol. The van der Waals surface area contributed by atoms with E-state index in [-0.39, 0.29) is 5.91 Å². The van der Waals surface area contributed by atoms with Crippen molar-refractivity contribution in [3.8, 4) is 11.5 Å². The van der Waals surface area contributed by atoms with Gasteiger partial charge in [-0.3, -0.25) is 9.69 Å². The number of ether oxygens (including phenoxy) is 2. The molecule has 0 unspecified atom stereocenters. The Kier molecular flexibility index (Phi) is 5.12. The second-order valence-corrected chi connectivity index (χ2v) is 7.04. The fourth-order valence-electron chi connectivity index (χ4n) is 3.47. The highest BCUT2D eigenvalue weighted by atomic mass is 16.7. The lowest BCUT2D eigenvalue weighted by atomic mass is 10.1. The van der Waals surface area contributed by atoms with Crippen LogP contribution >= 0.6 is 0 Å². The monoisotopic (exact) mass is 364 g/mol. The Hall–Kier alpha value is -2.79. The third kappa shape index (κ3) is 4.31. The van der Waals surface area contributed by atoms with Crippen molar-refractivity contribution in [1.29, 1.82) is 0 Å². The molecule has 0 aliphatic carbocycles. The summed E-state index contributed by atoms with van der Waals surface area (Å²) in [5, 5.41) is 0. The van der Waals surface area contributed by atoms with E-state index in [0.717, 1.165) is 49.8 Å². The van der Waals surface area contributed by atoms with Crippen molar-refractivity contribution in [3.05, 3.63) is 65.2 Å². The van der Waals surface area contributed by atoms with Crippen molar-refractivity contribution in [2.24, 2.45) is 0 Å². The lowest BCUT2D eigenvalue weighted by Gasteiger charge is -2.34. The number of hydrogen-bond acceptors (Lipinski definition) is 4. The number of piperazine rings is 1. The molecule has 4 rings (SSSR count). The summed E-state index contributed by atoms with van der Waals surface area (Å²) in [6, 6.07) is 14.2. The van der Waals surface area contributed by atoms with Gasteiger partial charge in [0.2, 0.25) is 12.7 Å². The first-order chi connectivity index (χ1) is 13.2. The molecule has 1 saturated heterocycles. The fraction of sp³-hybridized carbons (Fsp3) is 0.318. The van der Waals surface area contributed by atoms with Crippen molar-refractivity contribution in [3.63, 3.8) is 0 Å². The third-order valence-corrected chi connectivity index (χ3v) is 4.99. The van der Waals surface area contributed by atoms with Gasteiger partial charge in [-0.05, 0) is 36.3 Å². The van der Waals surface area contributed by atoms with E-state index in [4.69, 9.17) is 9.47 Å². The van der Waals surface area contributed by atoms with Crippen LogP contribution in [-0.2, 0) is 11.3 Å². The van der Waals surface area contributed by atoms with E-state index < -0.39 is 0 Å². The summed E-state index contributed by atoms with van der Waals surface area (Å²) in [6.45, 7) is 6.46. The molecule has 0 spiro atoms. The standard InChI is InChI=1S/C22H24N2O3/c1-17-3-2-4-18(13-17)6-8-22(25)24-11-9-23(10-12-24)15-19-5-7-20-21(14-19)27-16-26-20/h2-8,13-14H,9-12,15-16H2,1H3. The molecule has 2 aromatic carbocycles. The summed E-state index contributed by atoms with van der Waals surface area (Å²) in [6.07, 6.45) is 3.58. The molecule has 2 aliphatic rings. The van der Waals surface area contributed by atoms with Gasteiger partial charge in [-0.2, -0.15) is 0 Å². The molecule has 2 aliphatic heterocycles. The van der Waals surface area contributed by atoms with Crippen LogP contribution in [0, 0.1) is 6.92 Å². The van der Waals surface area contributed by atoms with E-state index in [2.05, 4.69) is 30.0 Å². The van der Waals surface area contributed by atoms with E-state index in [1.165, 1.54) is 11.1 Å². The first-order valence-corrected chi connectivity index (χ1v) is 9.32. The van der Waals surface area contributed by atoms with Gasteiger partial charge in [0.15, 0.2) is 11.5 Å². The average molecular weight is 364 g/mol. The van der Waals surface area contributed by atoms with Gasteiger partial charge in [0.25, 0.3) is 0 Å². The van der Waals surface area contributed by atoms with Crippen LogP contribution in [0.4, 0.5) is 0 Å².